The van der Waals surface area contributed by atoms with Crippen LogP contribution in [-0.2, 0) is 19.4 Å². The Morgan fingerprint density at radius 1 is 1.03 bits per heavy atom. The average molecular weight is 465 g/mol. The van der Waals surface area contributed by atoms with Crippen molar-refractivity contribution < 1.29 is 28.0 Å². The first kappa shape index (κ1) is 23.1. The van der Waals surface area contributed by atoms with Gasteiger partial charge in [0.2, 0.25) is 0 Å². The summed E-state index contributed by atoms with van der Waals surface area (Å²) in [5.74, 6) is 1.15. The van der Waals surface area contributed by atoms with Gasteiger partial charge in [0, 0.05) is 5.69 Å². The molecule has 31 heavy (non-hydrogen) atoms. The third-order valence-electron chi connectivity index (χ3n) is 5.10. The van der Waals surface area contributed by atoms with Crippen LogP contribution in [0.25, 0.3) is 0 Å². The molecule has 0 atom stereocenters. The fourth-order valence-corrected chi connectivity index (χ4v) is 6.76. The van der Waals surface area contributed by atoms with Gasteiger partial charge in [-0.15, -0.1) is 0 Å². The minimum atomic E-state index is -4.02. The number of nitrogens with one attached hydrogen (secondary N) is 2. The maximum Gasteiger partial charge on any atom is 0.265 e. The summed E-state index contributed by atoms with van der Waals surface area (Å²) in [6.45, 7) is 1.74. The highest BCUT2D eigenvalue weighted by molar-refractivity contribution is 7.99. The molecular weight excluding hydrogens is 440 g/mol. The van der Waals surface area contributed by atoms with Crippen LogP contribution in [0.2, 0.25) is 0 Å². The Kier molecular flexibility index (Phi) is 7.24. The standard InChI is InChI=1S/C21H24N2O6S2/c1-15(24)14-22-16-2-4-17(5-3-16)29-18-6-8-19(9-7-18)31(27,28)21(20(25)23-26)10-12-30-13-11-21/h2-9,22,26H,10-14H2,1H3,(H,23,25). The van der Waals surface area contributed by atoms with Crippen LogP contribution < -0.4 is 15.5 Å². The number of hydroxylamine groups is 1. The Hall–Kier alpha value is -2.56. The number of carbonyl (C=O) groups is 2. The zero-order chi connectivity index (χ0) is 22.5. The van der Waals surface area contributed by atoms with Crippen LogP contribution in [0.15, 0.2) is 53.4 Å². The average Bonchev–Trinajstić information content (AvgIpc) is 2.78. The summed E-state index contributed by atoms with van der Waals surface area (Å²) in [5, 5.41) is 12.1. The maximum atomic E-state index is 13.3. The number of Topliss-reactive ketones (excluding diaryl/α,β-unsaturated/α-hetero) is 1. The Morgan fingerprint density at radius 3 is 2.10 bits per heavy atom. The number of amides is 1. The molecule has 0 radical (unpaired) electrons. The molecule has 1 aliphatic rings. The summed E-state index contributed by atoms with van der Waals surface area (Å²) in [7, 11) is -4.02. The lowest BCUT2D eigenvalue weighted by atomic mass is 10.0. The molecule has 0 spiro atoms. The number of hydrogen-bond donors (Lipinski definition) is 3. The number of rotatable bonds is 8. The summed E-state index contributed by atoms with van der Waals surface area (Å²) >= 11 is 1.58. The van der Waals surface area contributed by atoms with Crippen molar-refractivity contribution in [2.24, 2.45) is 0 Å². The van der Waals surface area contributed by atoms with Crippen molar-refractivity contribution in [2.45, 2.75) is 29.4 Å². The van der Waals surface area contributed by atoms with Gasteiger partial charge < -0.3 is 10.1 Å². The smallest absolute Gasteiger partial charge is 0.265 e. The topological polar surface area (TPSA) is 122 Å². The number of sulfone groups is 1. The van der Waals surface area contributed by atoms with Gasteiger partial charge in [0.15, 0.2) is 14.6 Å². The van der Waals surface area contributed by atoms with Crippen molar-refractivity contribution in [3.8, 4) is 11.5 Å². The van der Waals surface area contributed by atoms with Crippen LogP contribution in [0.1, 0.15) is 19.8 Å². The number of hydrogen-bond acceptors (Lipinski definition) is 8. The zero-order valence-electron chi connectivity index (χ0n) is 17.0. The van der Waals surface area contributed by atoms with Crippen LogP contribution in [0.3, 0.4) is 0 Å². The van der Waals surface area contributed by atoms with Gasteiger partial charge in [-0.05, 0) is 79.8 Å². The largest absolute Gasteiger partial charge is 0.457 e. The van der Waals surface area contributed by atoms with Crippen LogP contribution in [0.4, 0.5) is 5.69 Å². The molecule has 0 aliphatic carbocycles. The highest BCUT2D eigenvalue weighted by atomic mass is 32.2. The molecule has 2 aromatic carbocycles. The van der Waals surface area contributed by atoms with E-state index in [1.54, 1.807) is 36.0 Å². The fraction of sp³-hybridized carbons (Fsp3) is 0.333. The Bertz CT molecular complexity index is 1030. The third-order valence-corrected chi connectivity index (χ3v) is 8.60. The second kappa shape index (κ2) is 9.71. The quantitative estimate of drug-likeness (QED) is 0.403. The van der Waals surface area contributed by atoms with E-state index >= 15 is 0 Å². The molecule has 166 valence electrons. The summed E-state index contributed by atoms with van der Waals surface area (Å²) in [5.41, 5.74) is 2.32. The second-order valence-corrected chi connectivity index (χ2v) is 10.7. The molecule has 0 aromatic heterocycles. The fourth-order valence-electron chi connectivity index (χ4n) is 3.34. The third kappa shape index (κ3) is 5.03. The van der Waals surface area contributed by atoms with E-state index < -0.39 is 20.5 Å². The van der Waals surface area contributed by atoms with E-state index in [0.717, 1.165) is 5.69 Å². The molecule has 2 aromatic rings. The first-order valence-corrected chi connectivity index (χ1v) is 12.3. The zero-order valence-corrected chi connectivity index (χ0v) is 18.6. The molecule has 8 nitrogen and oxygen atoms in total. The molecular formula is C21H24N2O6S2. The lowest BCUT2D eigenvalue weighted by Crippen LogP contribution is -2.53. The molecule has 1 fully saturated rings. The molecule has 0 bridgehead atoms. The predicted octanol–water partition coefficient (Wildman–Crippen LogP) is 3.02. The molecule has 3 rings (SSSR count). The first-order chi connectivity index (χ1) is 14.8. The summed E-state index contributed by atoms with van der Waals surface area (Å²) in [6.07, 6.45) is 0.267. The van der Waals surface area contributed by atoms with Crippen molar-refractivity contribution >= 4 is 39.0 Å². The van der Waals surface area contributed by atoms with Crippen LogP contribution in [0.5, 0.6) is 11.5 Å². The SMILES string of the molecule is CC(=O)CNc1ccc(Oc2ccc(S(=O)(=O)C3(C(=O)NO)CCSCC3)cc2)cc1. The minimum Gasteiger partial charge on any atom is -0.457 e. The number of thioether (sulfide) groups is 1. The Balaban J connectivity index is 1.76. The van der Waals surface area contributed by atoms with E-state index in [1.165, 1.54) is 36.7 Å². The minimum absolute atomic E-state index is 0.000805. The van der Waals surface area contributed by atoms with Gasteiger partial charge in [-0.3, -0.25) is 14.8 Å². The second-order valence-electron chi connectivity index (χ2n) is 7.20. The van der Waals surface area contributed by atoms with Crippen molar-refractivity contribution in [3.63, 3.8) is 0 Å². The van der Waals surface area contributed by atoms with E-state index in [9.17, 15) is 18.0 Å². The van der Waals surface area contributed by atoms with Gasteiger partial charge in [0.05, 0.1) is 11.4 Å². The molecule has 0 saturated carbocycles. The van der Waals surface area contributed by atoms with Gasteiger partial charge in [-0.25, -0.2) is 13.9 Å². The normalized spacial score (nSPS) is 15.7. The Labute approximate surface area is 185 Å². The number of carbonyl (C=O) groups excluding carboxylic acids is 2. The van der Waals surface area contributed by atoms with Crippen molar-refractivity contribution in [2.75, 3.05) is 23.4 Å². The predicted molar refractivity (Wildman–Crippen MR) is 119 cm³/mol. The summed E-state index contributed by atoms with van der Waals surface area (Å²) in [6, 6.07) is 12.9. The van der Waals surface area contributed by atoms with Crippen LogP contribution in [0, 0.1) is 0 Å². The number of ketones is 1. The van der Waals surface area contributed by atoms with E-state index in [1.807, 2.05) is 0 Å². The number of benzene rings is 2. The van der Waals surface area contributed by atoms with Gasteiger partial charge in [0.25, 0.3) is 5.91 Å². The van der Waals surface area contributed by atoms with Crippen molar-refractivity contribution in [3.05, 3.63) is 48.5 Å². The molecule has 3 N–H and O–H groups in total. The first-order valence-electron chi connectivity index (χ1n) is 9.67. The van der Waals surface area contributed by atoms with Crippen LogP contribution in [-0.4, -0.2) is 48.1 Å². The molecule has 1 amide bonds. The molecule has 1 aliphatic heterocycles. The number of ether oxygens (including phenoxy) is 1. The highest BCUT2D eigenvalue weighted by Crippen LogP contribution is 2.39. The Morgan fingerprint density at radius 2 is 1.58 bits per heavy atom. The molecule has 1 saturated heterocycles. The summed E-state index contributed by atoms with van der Waals surface area (Å²) < 4.78 is 30.6. The van der Waals surface area contributed by atoms with E-state index in [4.69, 9.17) is 9.94 Å². The lowest BCUT2D eigenvalue weighted by molar-refractivity contribution is -0.132. The van der Waals surface area contributed by atoms with Gasteiger partial charge in [0.1, 0.15) is 17.3 Å². The van der Waals surface area contributed by atoms with E-state index in [-0.39, 0.29) is 30.1 Å². The lowest BCUT2D eigenvalue weighted by Gasteiger charge is -2.34. The van der Waals surface area contributed by atoms with Crippen LogP contribution >= 0.6 is 11.8 Å². The van der Waals surface area contributed by atoms with Crippen molar-refractivity contribution in [1.82, 2.24) is 5.48 Å². The summed E-state index contributed by atoms with van der Waals surface area (Å²) in [4.78, 5) is 23.4. The van der Waals surface area contributed by atoms with E-state index in [0.29, 0.717) is 23.0 Å². The monoisotopic (exact) mass is 464 g/mol. The van der Waals surface area contributed by atoms with E-state index in [2.05, 4.69) is 5.32 Å². The molecule has 10 heteroatoms. The van der Waals surface area contributed by atoms with Gasteiger partial charge >= 0.3 is 0 Å². The molecule has 1 heterocycles. The van der Waals surface area contributed by atoms with Gasteiger partial charge in [-0.2, -0.15) is 11.8 Å². The highest BCUT2D eigenvalue weighted by Gasteiger charge is 2.51. The van der Waals surface area contributed by atoms with Crippen molar-refractivity contribution in [1.29, 1.82) is 0 Å². The van der Waals surface area contributed by atoms with Gasteiger partial charge in [-0.1, -0.05) is 0 Å². The molecule has 0 unspecified atom stereocenters. The maximum absolute atomic E-state index is 13.3. The number of anilines is 1.